The zero-order valence-electron chi connectivity index (χ0n) is 16.6. The van der Waals surface area contributed by atoms with Gasteiger partial charge in [0.05, 0.1) is 27.9 Å². The quantitative estimate of drug-likeness (QED) is 0.403. The lowest BCUT2D eigenvalue weighted by Gasteiger charge is -2.12. The predicted molar refractivity (Wildman–Crippen MR) is 122 cm³/mol. The van der Waals surface area contributed by atoms with Crippen molar-refractivity contribution in [2.45, 2.75) is 13.3 Å². The molecule has 0 atom stereocenters. The summed E-state index contributed by atoms with van der Waals surface area (Å²) in [6, 6.07) is 15.8. The molecule has 5 rings (SSSR count). The number of thiazole rings is 1. The third kappa shape index (κ3) is 3.44. The van der Waals surface area contributed by atoms with Crippen LogP contribution in [0.3, 0.4) is 0 Å². The lowest BCUT2D eigenvalue weighted by atomic mass is 10.2. The molecule has 3 aromatic heterocycles. The van der Waals surface area contributed by atoms with Crippen LogP contribution in [0.15, 0.2) is 60.9 Å². The summed E-state index contributed by atoms with van der Waals surface area (Å²) in [7, 11) is 1.66. The maximum Gasteiger partial charge on any atom is 0.162 e. The van der Waals surface area contributed by atoms with Crippen LogP contribution in [0.1, 0.15) is 11.9 Å². The standard InChI is InChI=1S/C23H19N5OS/c1-3-21-26-19-6-4-15(12-20(19)30-21)25-23-17-13-16(29-2)5-7-18(17)27-22(28-23)14-8-10-24-11-9-14/h4-13H,3H2,1-2H3,(H,25,27,28). The molecule has 0 aliphatic carbocycles. The fraction of sp³-hybridized carbons (Fsp3) is 0.130. The van der Waals surface area contributed by atoms with Crippen LogP contribution in [-0.2, 0) is 6.42 Å². The summed E-state index contributed by atoms with van der Waals surface area (Å²) in [5.74, 6) is 2.13. The van der Waals surface area contributed by atoms with Gasteiger partial charge in [-0.05, 0) is 55.0 Å². The minimum atomic E-state index is 0.643. The van der Waals surface area contributed by atoms with Gasteiger partial charge in [-0.1, -0.05) is 6.92 Å². The SMILES string of the molecule is CCc1nc2ccc(Nc3nc(-c4ccncc4)nc4ccc(OC)cc34)cc2s1. The first kappa shape index (κ1) is 18.4. The summed E-state index contributed by atoms with van der Waals surface area (Å²) in [5, 5.41) is 5.52. The first-order valence-electron chi connectivity index (χ1n) is 9.66. The van der Waals surface area contributed by atoms with E-state index in [-0.39, 0.29) is 0 Å². The highest BCUT2D eigenvalue weighted by Crippen LogP contribution is 2.32. The largest absolute Gasteiger partial charge is 0.497 e. The van der Waals surface area contributed by atoms with Crippen LogP contribution in [0.2, 0.25) is 0 Å². The van der Waals surface area contributed by atoms with Gasteiger partial charge in [0.15, 0.2) is 5.82 Å². The molecule has 0 saturated carbocycles. The first-order valence-corrected chi connectivity index (χ1v) is 10.5. The molecule has 0 bridgehead atoms. The Morgan fingerprint density at radius 1 is 0.933 bits per heavy atom. The Morgan fingerprint density at radius 3 is 2.57 bits per heavy atom. The molecule has 0 fully saturated rings. The normalized spacial score (nSPS) is 11.1. The second-order valence-corrected chi connectivity index (χ2v) is 7.90. The molecule has 1 N–H and O–H groups in total. The number of nitrogens with zero attached hydrogens (tertiary/aromatic N) is 4. The number of rotatable bonds is 5. The smallest absolute Gasteiger partial charge is 0.162 e. The monoisotopic (exact) mass is 413 g/mol. The molecule has 0 amide bonds. The molecule has 0 spiro atoms. The molecule has 5 aromatic rings. The molecule has 2 aromatic carbocycles. The Hall–Kier alpha value is -3.58. The highest BCUT2D eigenvalue weighted by molar-refractivity contribution is 7.18. The van der Waals surface area contributed by atoms with Gasteiger partial charge in [0.1, 0.15) is 11.6 Å². The van der Waals surface area contributed by atoms with E-state index in [0.717, 1.165) is 55.4 Å². The van der Waals surface area contributed by atoms with Crippen molar-refractivity contribution in [3.8, 4) is 17.1 Å². The average molecular weight is 414 g/mol. The number of hydrogen-bond donors (Lipinski definition) is 1. The Balaban J connectivity index is 1.64. The van der Waals surface area contributed by atoms with Crippen molar-refractivity contribution in [1.82, 2.24) is 19.9 Å². The van der Waals surface area contributed by atoms with Crippen molar-refractivity contribution < 1.29 is 4.74 Å². The van der Waals surface area contributed by atoms with Gasteiger partial charge in [0.25, 0.3) is 0 Å². The van der Waals surface area contributed by atoms with Crippen LogP contribution in [0.4, 0.5) is 11.5 Å². The fourth-order valence-electron chi connectivity index (χ4n) is 3.30. The fourth-order valence-corrected chi connectivity index (χ4v) is 4.24. The lowest BCUT2D eigenvalue weighted by molar-refractivity contribution is 0.415. The molecule has 6 nitrogen and oxygen atoms in total. The minimum Gasteiger partial charge on any atom is -0.497 e. The van der Waals surface area contributed by atoms with Gasteiger partial charge in [-0.2, -0.15) is 0 Å². The van der Waals surface area contributed by atoms with Gasteiger partial charge in [-0.3, -0.25) is 4.98 Å². The molecule has 0 unspecified atom stereocenters. The summed E-state index contributed by atoms with van der Waals surface area (Å²) < 4.78 is 6.57. The van der Waals surface area contributed by atoms with Gasteiger partial charge < -0.3 is 10.1 Å². The van der Waals surface area contributed by atoms with E-state index >= 15 is 0 Å². The summed E-state index contributed by atoms with van der Waals surface area (Å²) in [6.07, 6.45) is 4.42. The van der Waals surface area contributed by atoms with Crippen LogP contribution in [0.5, 0.6) is 5.75 Å². The second-order valence-electron chi connectivity index (χ2n) is 6.78. The highest BCUT2D eigenvalue weighted by atomic mass is 32.1. The number of aromatic nitrogens is 4. The van der Waals surface area contributed by atoms with Crippen molar-refractivity contribution in [2.75, 3.05) is 12.4 Å². The highest BCUT2D eigenvalue weighted by Gasteiger charge is 2.12. The topological polar surface area (TPSA) is 72.8 Å². The van der Waals surface area contributed by atoms with Crippen LogP contribution in [0, 0.1) is 0 Å². The molecule has 0 aliphatic rings. The van der Waals surface area contributed by atoms with Gasteiger partial charge in [-0.25, -0.2) is 15.0 Å². The number of fused-ring (bicyclic) bond motifs is 2. The number of hydrogen-bond acceptors (Lipinski definition) is 7. The zero-order chi connectivity index (χ0) is 20.5. The van der Waals surface area contributed by atoms with Gasteiger partial charge in [0, 0.05) is 29.0 Å². The van der Waals surface area contributed by atoms with Crippen molar-refractivity contribution in [2.24, 2.45) is 0 Å². The summed E-state index contributed by atoms with van der Waals surface area (Å²) in [6.45, 7) is 2.12. The summed E-state index contributed by atoms with van der Waals surface area (Å²) >= 11 is 1.72. The third-order valence-electron chi connectivity index (χ3n) is 4.84. The number of benzene rings is 2. The van der Waals surface area contributed by atoms with E-state index in [1.165, 1.54) is 0 Å². The van der Waals surface area contributed by atoms with E-state index in [2.05, 4.69) is 28.3 Å². The van der Waals surface area contributed by atoms with Crippen molar-refractivity contribution in [1.29, 1.82) is 0 Å². The molecule has 30 heavy (non-hydrogen) atoms. The minimum absolute atomic E-state index is 0.643. The van der Waals surface area contributed by atoms with Gasteiger partial charge >= 0.3 is 0 Å². The maximum atomic E-state index is 5.42. The molecule has 148 valence electrons. The number of aryl methyl sites for hydroxylation is 1. The van der Waals surface area contributed by atoms with Gasteiger partial charge in [-0.15, -0.1) is 11.3 Å². The summed E-state index contributed by atoms with van der Waals surface area (Å²) in [5.41, 5.74) is 3.73. The summed E-state index contributed by atoms with van der Waals surface area (Å²) in [4.78, 5) is 18.3. The number of anilines is 2. The van der Waals surface area contributed by atoms with Crippen LogP contribution in [-0.4, -0.2) is 27.0 Å². The van der Waals surface area contributed by atoms with E-state index in [9.17, 15) is 0 Å². The van der Waals surface area contributed by atoms with Crippen LogP contribution < -0.4 is 10.1 Å². The van der Waals surface area contributed by atoms with E-state index in [4.69, 9.17) is 14.7 Å². The Morgan fingerprint density at radius 2 is 1.77 bits per heavy atom. The Bertz CT molecular complexity index is 1350. The first-order chi connectivity index (χ1) is 14.7. The molecule has 0 aliphatic heterocycles. The Kier molecular flexibility index (Phi) is 4.72. The third-order valence-corrected chi connectivity index (χ3v) is 6.00. The van der Waals surface area contributed by atoms with E-state index in [1.54, 1.807) is 30.8 Å². The van der Waals surface area contributed by atoms with E-state index < -0.39 is 0 Å². The molecule has 7 heteroatoms. The lowest BCUT2D eigenvalue weighted by Crippen LogP contribution is -2.00. The zero-order valence-corrected chi connectivity index (χ0v) is 17.4. The van der Waals surface area contributed by atoms with Gasteiger partial charge in [0.2, 0.25) is 0 Å². The van der Waals surface area contributed by atoms with E-state index in [1.807, 2.05) is 42.5 Å². The second kappa shape index (κ2) is 7.68. The molecular formula is C23H19N5OS. The number of ether oxygens (including phenoxy) is 1. The molecular weight excluding hydrogens is 394 g/mol. The average Bonchev–Trinajstić information content (AvgIpc) is 3.22. The Labute approximate surface area is 177 Å². The number of pyridine rings is 1. The predicted octanol–water partition coefficient (Wildman–Crippen LogP) is 5.62. The maximum absolute atomic E-state index is 5.42. The number of methoxy groups -OCH3 is 1. The van der Waals surface area contributed by atoms with Crippen molar-refractivity contribution in [3.63, 3.8) is 0 Å². The van der Waals surface area contributed by atoms with Crippen LogP contribution >= 0.6 is 11.3 Å². The molecule has 0 saturated heterocycles. The van der Waals surface area contributed by atoms with Crippen molar-refractivity contribution in [3.05, 3.63) is 65.9 Å². The number of nitrogens with one attached hydrogen (secondary N) is 1. The molecule has 0 radical (unpaired) electrons. The van der Waals surface area contributed by atoms with Crippen LogP contribution in [0.25, 0.3) is 32.5 Å². The molecule has 3 heterocycles. The van der Waals surface area contributed by atoms with Crippen molar-refractivity contribution >= 4 is 44.0 Å². The van der Waals surface area contributed by atoms with E-state index in [0.29, 0.717) is 5.82 Å².